The van der Waals surface area contributed by atoms with E-state index in [-0.39, 0.29) is 18.5 Å². The van der Waals surface area contributed by atoms with Crippen molar-refractivity contribution in [2.24, 2.45) is 0 Å². The first-order chi connectivity index (χ1) is 7.17. The van der Waals surface area contributed by atoms with Crippen LogP contribution < -0.4 is 5.32 Å². The Morgan fingerprint density at radius 3 is 2.73 bits per heavy atom. The molecule has 0 bridgehead atoms. The van der Waals surface area contributed by atoms with Crippen LogP contribution in [0.25, 0.3) is 0 Å². The molecule has 84 valence electrons. The fraction of sp³-hybridized carbons (Fsp3) is 0.500. The number of aliphatic hydroxyl groups is 1. The molecule has 0 fully saturated rings. The highest BCUT2D eigenvalue weighted by atomic mass is 19.1. The molecular formula is C12H18FNO. The topological polar surface area (TPSA) is 32.3 Å². The zero-order valence-electron chi connectivity index (χ0n) is 9.26. The molecule has 2 nitrogen and oxygen atoms in total. The van der Waals surface area contributed by atoms with E-state index < -0.39 is 0 Å². The highest BCUT2D eigenvalue weighted by Gasteiger charge is 2.05. The van der Waals surface area contributed by atoms with Crippen molar-refractivity contribution in [1.82, 2.24) is 5.32 Å². The van der Waals surface area contributed by atoms with Gasteiger partial charge in [0.15, 0.2) is 0 Å². The Morgan fingerprint density at radius 1 is 1.47 bits per heavy atom. The summed E-state index contributed by atoms with van der Waals surface area (Å²) in [7, 11) is 0. The van der Waals surface area contributed by atoms with E-state index >= 15 is 0 Å². The van der Waals surface area contributed by atoms with Crippen LogP contribution in [0.4, 0.5) is 4.39 Å². The van der Waals surface area contributed by atoms with Crippen LogP contribution in [0.15, 0.2) is 18.2 Å². The van der Waals surface area contributed by atoms with Crippen LogP contribution in [0, 0.1) is 12.7 Å². The van der Waals surface area contributed by atoms with Crippen molar-refractivity contribution < 1.29 is 9.50 Å². The van der Waals surface area contributed by atoms with Gasteiger partial charge >= 0.3 is 0 Å². The summed E-state index contributed by atoms with van der Waals surface area (Å²) >= 11 is 0. The van der Waals surface area contributed by atoms with Crippen LogP contribution in [-0.2, 0) is 6.54 Å². The zero-order valence-corrected chi connectivity index (χ0v) is 9.26. The molecule has 0 aromatic heterocycles. The largest absolute Gasteiger partial charge is 0.395 e. The molecule has 0 amide bonds. The number of nitrogens with one attached hydrogen (secondary N) is 1. The van der Waals surface area contributed by atoms with Crippen LogP contribution in [0.1, 0.15) is 24.5 Å². The van der Waals surface area contributed by atoms with Crippen LogP contribution >= 0.6 is 0 Å². The quantitative estimate of drug-likeness (QED) is 0.780. The molecule has 0 unspecified atom stereocenters. The average molecular weight is 211 g/mol. The van der Waals surface area contributed by atoms with Gasteiger partial charge in [-0.3, -0.25) is 0 Å². The molecule has 0 spiro atoms. The van der Waals surface area contributed by atoms with Gasteiger partial charge in [0.25, 0.3) is 0 Å². The van der Waals surface area contributed by atoms with Gasteiger partial charge in [-0.2, -0.15) is 0 Å². The first-order valence-corrected chi connectivity index (χ1v) is 5.26. The average Bonchev–Trinajstić information content (AvgIpc) is 2.22. The van der Waals surface area contributed by atoms with E-state index in [9.17, 15) is 4.39 Å². The van der Waals surface area contributed by atoms with Crippen molar-refractivity contribution in [2.45, 2.75) is 32.9 Å². The summed E-state index contributed by atoms with van der Waals surface area (Å²) in [5.41, 5.74) is 2.01. The second kappa shape index (κ2) is 5.83. The maximum Gasteiger partial charge on any atom is 0.123 e. The minimum absolute atomic E-state index is 0.120. The highest BCUT2D eigenvalue weighted by molar-refractivity contribution is 5.26. The molecule has 0 aliphatic rings. The SMILES string of the molecule is CC[C@@H](CO)NCc1ccc(F)cc1C. The third-order valence-electron chi connectivity index (χ3n) is 2.60. The summed E-state index contributed by atoms with van der Waals surface area (Å²) in [6.45, 7) is 4.72. The predicted octanol–water partition coefficient (Wildman–Crippen LogP) is 1.99. The van der Waals surface area contributed by atoms with Crippen molar-refractivity contribution in [3.8, 4) is 0 Å². The van der Waals surface area contributed by atoms with Crippen molar-refractivity contribution in [1.29, 1.82) is 0 Å². The highest BCUT2D eigenvalue weighted by Crippen LogP contribution is 2.10. The van der Waals surface area contributed by atoms with Crippen molar-refractivity contribution in [2.75, 3.05) is 6.61 Å². The van der Waals surface area contributed by atoms with Gasteiger partial charge in [0.1, 0.15) is 5.82 Å². The minimum Gasteiger partial charge on any atom is -0.395 e. The normalized spacial score (nSPS) is 12.8. The van der Waals surface area contributed by atoms with Crippen molar-refractivity contribution >= 4 is 0 Å². The summed E-state index contributed by atoms with van der Waals surface area (Å²) in [5.74, 6) is -0.203. The Balaban J connectivity index is 2.57. The Hall–Kier alpha value is -0.930. The van der Waals surface area contributed by atoms with E-state index in [0.717, 1.165) is 17.5 Å². The number of hydrogen-bond acceptors (Lipinski definition) is 2. The van der Waals surface area contributed by atoms with Crippen molar-refractivity contribution in [3.05, 3.63) is 35.1 Å². The molecule has 0 radical (unpaired) electrons. The molecule has 2 N–H and O–H groups in total. The number of rotatable bonds is 5. The van der Waals surface area contributed by atoms with Crippen LogP contribution in [0.3, 0.4) is 0 Å². The summed E-state index contributed by atoms with van der Waals surface area (Å²) in [5, 5.41) is 12.2. The van der Waals surface area contributed by atoms with Gasteiger partial charge in [0.2, 0.25) is 0 Å². The maximum absolute atomic E-state index is 12.8. The van der Waals surface area contributed by atoms with Gasteiger partial charge < -0.3 is 10.4 Å². The van der Waals surface area contributed by atoms with Gasteiger partial charge in [-0.15, -0.1) is 0 Å². The maximum atomic E-state index is 12.8. The first kappa shape index (κ1) is 12.1. The fourth-order valence-corrected chi connectivity index (χ4v) is 1.45. The third-order valence-corrected chi connectivity index (χ3v) is 2.60. The molecule has 1 rings (SSSR count). The zero-order chi connectivity index (χ0) is 11.3. The monoisotopic (exact) mass is 211 g/mol. The Labute approximate surface area is 90.1 Å². The standard InChI is InChI=1S/C12H18FNO/c1-3-12(8-15)14-7-10-4-5-11(13)6-9(10)2/h4-6,12,14-15H,3,7-8H2,1-2H3/t12-/m0/s1. The first-order valence-electron chi connectivity index (χ1n) is 5.26. The second-order valence-electron chi connectivity index (χ2n) is 3.74. The van der Waals surface area contributed by atoms with Gasteiger partial charge in [0, 0.05) is 12.6 Å². The van der Waals surface area contributed by atoms with Gasteiger partial charge in [0.05, 0.1) is 6.61 Å². The minimum atomic E-state index is -0.203. The van der Waals surface area contributed by atoms with Gasteiger partial charge in [-0.05, 0) is 36.6 Å². The molecular weight excluding hydrogens is 193 g/mol. The van der Waals surface area contributed by atoms with Crippen LogP contribution in [0.2, 0.25) is 0 Å². The lowest BCUT2D eigenvalue weighted by Crippen LogP contribution is -2.31. The lowest BCUT2D eigenvalue weighted by Gasteiger charge is -2.15. The van der Waals surface area contributed by atoms with Crippen molar-refractivity contribution in [3.63, 3.8) is 0 Å². The van der Waals surface area contributed by atoms with E-state index in [1.54, 1.807) is 6.07 Å². The number of aliphatic hydroxyl groups excluding tert-OH is 1. The molecule has 1 atom stereocenters. The third kappa shape index (κ3) is 3.61. The van der Waals surface area contributed by atoms with Gasteiger partial charge in [-0.1, -0.05) is 13.0 Å². The van der Waals surface area contributed by atoms with E-state index in [2.05, 4.69) is 5.32 Å². The number of benzene rings is 1. The van der Waals surface area contributed by atoms with E-state index in [0.29, 0.717) is 6.54 Å². The molecule has 0 saturated carbocycles. The lowest BCUT2D eigenvalue weighted by atomic mass is 10.1. The van der Waals surface area contributed by atoms with E-state index in [4.69, 9.17) is 5.11 Å². The molecule has 0 heterocycles. The molecule has 1 aromatic carbocycles. The van der Waals surface area contributed by atoms with E-state index in [1.165, 1.54) is 12.1 Å². The summed E-state index contributed by atoms with van der Waals surface area (Å²) in [6, 6.07) is 4.89. The Morgan fingerprint density at radius 2 is 2.20 bits per heavy atom. The number of halogens is 1. The summed E-state index contributed by atoms with van der Waals surface area (Å²) in [4.78, 5) is 0. The molecule has 1 aromatic rings. The van der Waals surface area contributed by atoms with Crippen LogP contribution in [0.5, 0.6) is 0 Å². The summed E-state index contributed by atoms with van der Waals surface area (Å²) < 4.78 is 12.8. The molecule has 3 heteroatoms. The lowest BCUT2D eigenvalue weighted by molar-refractivity contribution is 0.238. The fourth-order valence-electron chi connectivity index (χ4n) is 1.45. The Bertz CT molecular complexity index is 310. The number of aryl methyl sites for hydroxylation is 1. The van der Waals surface area contributed by atoms with Crippen LogP contribution in [-0.4, -0.2) is 17.8 Å². The summed E-state index contributed by atoms with van der Waals surface area (Å²) in [6.07, 6.45) is 0.886. The second-order valence-corrected chi connectivity index (χ2v) is 3.74. The molecule has 0 aliphatic heterocycles. The van der Waals surface area contributed by atoms with E-state index in [1.807, 2.05) is 13.8 Å². The number of hydrogen-bond donors (Lipinski definition) is 2. The molecule has 15 heavy (non-hydrogen) atoms. The molecule has 0 saturated heterocycles. The predicted molar refractivity (Wildman–Crippen MR) is 59.1 cm³/mol. The Kier molecular flexibility index (Phi) is 4.72. The smallest absolute Gasteiger partial charge is 0.123 e. The molecule has 0 aliphatic carbocycles. The van der Waals surface area contributed by atoms with Gasteiger partial charge in [-0.25, -0.2) is 4.39 Å².